The Morgan fingerprint density at radius 3 is 2.25 bits per heavy atom. The monoisotopic (exact) mass is 397 g/mol. The van der Waals surface area contributed by atoms with Gasteiger partial charge in [0.1, 0.15) is 4.83 Å². The van der Waals surface area contributed by atoms with Crippen LogP contribution in [0.1, 0.15) is 37.6 Å². The number of halogens is 2. The second kappa shape index (κ2) is 7.14. The zero-order chi connectivity index (χ0) is 14.0. The number of nitrogens with zero attached hydrogens (tertiary/aromatic N) is 1. The SMILES string of the molecule is Br.Cc1cc(C)cc(C(=O)C(Br)c2ccnc(C)c2)c1. The third kappa shape index (κ3) is 4.00. The molecule has 0 spiro atoms. The van der Waals surface area contributed by atoms with Crippen molar-refractivity contribution in [1.29, 1.82) is 0 Å². The number of pyridine rings is 1. The lowest BCUT2D eigenvalue weighted by molar-refractivity contribution is 0.0991. The van der Waals surface area contributed by atoms with E-state index in [1.165, 1.54) is 0 Å². The number of ketones is 1. The van der Waals surface area contributed by atoms with Gasteiger partial charge >= 0.3 is 0 Å². The molecule has 0 amide bonds. The number of carbonyl (C=O) groups excluding carboxylic acids is 1. The number of Topliss-reactive ketones (excluding diaryl/α,β-unsaturated/α-hetero) is 1. The summed E-state index contributed by atoms with van der Waals surface area (Å²) in [5.41, 5.74) is 4.81. The topological polar surface area (TPSA) is 30.0 Å². The first-order chi connectivity index (χ1) is 8.97. The fourth-order valence-corrected chi connectivity index (χ4v) is 2.69. The molecule has 0 aliphatic carbocycles. The molecule has 2 aromatic rings. The molecule has 0 aliphatic heterocycles. The van der Waals surface area contributed by atoms with E-state index in [-0.39, 0.29) is 27.6 Å². The van der Waals surface area contributed by atoms with E-state index in [1.54, 1.807) is 6.20 Å². The summed E-state index contributed by atoms with van der Waals surface area (Å²) in [7, 11) is 0. The number of aromatic nitrogens is 1. The predicted octanol–water partition coefficient (Wildman–Crippen LogP) is 4.90. The molecule has 20 heavy (non-hydrogen) atoms. The molecule has 0 N–H and O–H groups in total. The van der Waals surface area contributed by atoms with E-state index < -0.39 is 0 Å². The summed E-state index contributed by atoms with van der Waals surface area (Å²) < 4.78 is 0. The number of benzene rings is 1. The number of hydrogen-bond donors (Lipinski definition) is 0. The van der Waals surface area contributed by atoms with E-state index in [4.69, 9.17) is 0 Å². The van der Waals surface area contributed by atoms with Crippen LogP contribution in [-0.4, -0.2) is 10.8 Å². The summed E-state index contributed by atoms with van der Waals surface area (Å²) in [5, 5.41) is 0. The van der Waals surface area contributed by atoms with Crippen LogP contribution in [0.3, 0.4) is 0 Å². The Labute approximate surface area is 138 Å². The summed E-state index contributed by atoms with van der Waals surface area (Å²) in [6.45, 7) is 5.93. The molecule has 2 rings (SSSR count). The van der Waals surface area contributed by atoms with Crippen molar-refractivity contribution in [2.75, 3.05) is 0 Å². The molecule has 1 aromatic heterocycles. The van der Waals surface area contributed by atoms with Gasteiger partial charge < -0.3 is 0 Å². The molecule has 0 radical (unpaired) electrons. The van der Waals surface area contributed by atoms with Crippen molar-refractivity contribution in [3.8, 4) is 0 Å². The van der Waals surface area contributed by atoms with Gasteiger partial charge in [-0.05, 0) is 50.6 Å². The van der Waals surface area contributed by atoms with Crippen LogP contribution in [0.5, 0.6) is 0 Å². The van der Waals surface area contributed by atoms with E-state index in [0.29, 0.717) is 0 Å². The molecule has 0 fully saturated rings. The van der Waals surface area contributed by atoms with Crippen LogP contribution < -0.4 is 0 Å². The predicted molar refractivity (Wildman–Crippen MR) is 91.2 cm³/mol. The van der Waals surface area contributed by atoms with Crippen LogP contribution in [0.25, 0.3) is 0 Å². The smallest absolute Gasteiger partial charge is 0.180 e. The highest BCUT2D eigenvalue weighted by Crippen LogP contribution is 2.27. The van der Waals surface area contributed by atoms with Gasteiger partial charge in [-0.15, -0.1) is 17.0 Å². The highest BCUT2D eigenvalue weighted by molar-refractivity contribution is 9.09. The zero-order valence-electron chi connectivity index (χ0n) is 11.7. The molecule has 1 aromatic carbocycles. The van der Waals surface area contributed by atoms with Gasteiger partial charge in [-0.3, -0.25) is 9.78 Å². The summed E-state index contributed by atoms with van der Waals surface area (Å²) >= 11 is 3.49. The Morgan fingerprint density at radius 1 is 1.10 bits per heavy atom. The van der Waals surface area contributed by atoms with Crippen molar-refractivity contribution >= 4 is 38.7 Å². The Morgan fingerprint density at radius 2 is 1.70 bits per heavy atom. The van der Waals surface area contributed by atoms with Crippen molar-refractivity contribution < 1.29 is 4.79 Å². The van der Waals surface area contributed by atoms with Crippen LogP contribution in [0.2, 0.25) is 0 Å². The van der Waals surface area contributed by atoms with Gasteiger partial charge in [0.2, 0.25) is 0 Å². The Balaban J connectivity index is 0.00000200. The van der Waals surface area contributed by atoms with Crippen LogP contribution in [-0.2, 0) is 0 Å². The van der Waals surface area contributed by atoms with Crippen molar-refractivity contribution in [3.05, 3.63) is 64.5 Å². The second-order valence-corrected chi connectivity index (χ2v) is 5.75. The van der Waals surface area contributed by atoms with Crippen LogP contribution in [0.4, 0.5) is 0 Å². The standard InChI is InChI=1S/C16H16BrNO.BrH/c1-10-6-11(2)8-14(7-10)16(19)15(17)13-4-5-18-12(3)9-13;/h4-9,15H,1-3H3;1H. The molecule has 106 valence electrons. The maximum Gasteiger partial charge on any atom is 0.180 e. The third-order valence-corrected chi connectivity index (χ3v) is 3.89. The van der Waals surface area contributed by atoms with Crippen LogP contribution >= 0.6 is 32.9 Å². The number of rotatable bonds is 3. The Kier molecular flexibility index (Phi) is 6.08. The van der Waals surface area contributed by atoms with Gasteiger partial charge in [0.15, 0.2) is 5.78 Å². The second-order valence-electron chi connectivity index (χ2n) is 4.83. The van der Waals surface area contributed by atoms with Gasteiger partial charge in [0.25, 0.3) is 0 Å². The average Bonchev–Trinajstić information content (AvgIpc) is 2.36. The number of alkyl halides is 1. The van der Waals surface area contributed by atoms with Crippen molar-refractivity contribution in [3.63, 3.8) is 0 Å². The van der Waals surface area contributed by atoms with E-state index in [9.17, 15) is 4.79 Å². The fraction of sp³-hybridized carbons (Fsp3) is 0.250. The zero-order valence-corrected chi connectivity index (χ0v) is 15.0. The highest BCUT2D eigenvalue weighted by atomic mass is 79.9. The van der Waals surface area contributed by atoms with Crippen LogP contribution in [0.15, 0.2) is 36.5 Å². The lowest BCUT2D eigenvalue weighted by atomic mass is 9.99. The molecule has 0 bridgehead atoms. The minimum atomic E-state index is -0.324. The van der Waals surface area contributed by atoms with E-state index >= 15 is 0 Å². The number of hydrogen-bond acceptors (Lipinski definition) is 2. The lowest BCUT2D eigenvalue weighted by Gasteiger charge is -2.11. The largest absolute Gasteiger partial charge is 0.293 e. The molecule has 4 heteroatoms. The molecular weight excluding hydrogens is 382 g/mol. The number of aryl methyl sites for hydroxylation is 3. The third-order valence-electron chi connectivity index (χ3n) is 2.95. The van der Waals surface area contributed by atoms with Crippen LogP contribution in [0, 0.1) is 20.8 Å². The molecule has 1 atom stereocenters. The number of carbonyl (C=O) groups is 1. The fourth-order valence-electron chi connectivity index (χ4n) is 2.14. The Bertz CT molecular complexity index is 605. The van der Waals surface area contributed by atoms with Gasteiger partial charge in [-0.2, -0.15) is 0 Å². The maximum atomic E-state index is 12.5. The van der Waals surface area contributed by atoms with Gasteiger partial charge in [-0.1, -0.05) is 33.1 Å². The van der Waals surface area contributed by atoms with E-state index in [1.807, 2.05) is 45.0 Å². The van der Waals surface area contributed by atoms with Crippen molar-refractivity contribution in [2.24, 2.45) is 0 Å². The molecule has 0 saturated carbocycles. The first-order valence-corrected chi connectivity index (χ1v) is 7.08. The molecule has 2 nitrogen and oxygen atoms in total. The average molecular weight is 399 g/mol. The van der Waals surface area contributed by atoms with E-state index in [2.05, 4.69) is 27.0 Å². The summed E-state index contributed by atoms with van der Waals surface area (Å²) in [6, 6.07) is 9.72. The summed E-state index contributed by atoms with van der Waals surface area (Å²) in [4.78, 5) is 16.3. The molecule has 0 saturated heterocycles. The Hall–Kier alpha value is -1.00. The lowest BCUT2D eigenvalue weighted by Crippen LogP contribution is -2.08. The van der Waals surface area contributed by atoms with Gasteiger partial charge in [0, 0.05) is 17.5 Å². The summed E-state index contributed by atoms with van der Waals surface area (Å²) in [5.74, 6) is 0.0809. The molecule has 1 heterocycles. The maximum absolute atomic E-state index is 12.5. The van der Waals surface area contributed by atoms with Gasteiger partial charge in [0.05, 0.1) is 0 Å². The van der Waals surface area contributed by atoms with Crippen molar-refractivity contribution in [1.82, 2.24) is 4.98 Å². The normalized spacial score (nSPS) is 11.6. The highest BCUT2D eigenvalue weighted by Gasteiger charge is 2.19. The molecule has 0 aliphatic rings. The summed E-state index contributed by atoms with van der Waals surface area (Å²) in [6.07, 6.45) is 1.73. The van der Waals surface area contributed by atoms with E-state index in [0.717, 1.165) is 27.9 Å². The first kappa shape index (κ1) is 17.1. The van der Waals surface area contributed by atoms with Gasteiger partial charge in [-0.25, -0.2) is 0 Å². The minimum absolute atomic E-state index is 0. The quantitative estimate of drug-likeness (QED) is 0.543. The first-order valence-electron chi connectivity index (χ1n) is 6.16. The van der Waals surface area contributed by atoms with Crippen molar-refractivity contribution in [2.45, 2.75) is 25.6 Å². The minimum Gasteiger partial charge on any atom is -0.293 e. The molecular formula is C16H17Br2NO. The molecule has 1 unspecified atom stereocenters.